The van der Waals surface area contributed by atoms with Gasteiger partial charge in [-0.3, -0.25) is 14.6 Å². The molecule has 1 aliphatic rings. The molecule has 2 aromatic rings. The number of carbonyl (C=O) groups excluding carboxylic acids is 2. The highest BCUT2D eigenvalue weighted by Crippen LogP contribution is 2.25. The number of rotatable bonds is 4. The zero-order valence-electron chi connectivity index (χ0n) is 15.3. The highest BCUT2D eigenvalue weighted by molar-refractivity contribution is 5.98. The predicted molar refractivity (Wildman–Crippen MR) is 99.0 cm³/mol. The molecule has 136 valence electrons. The fraction of sp³-hybridized carbons (Fsp3) is 0.350. The first-order valence-corrected chi connectivity index (χ1v) is 8.63. The van der Waals surface area contributed by atoms with Crippen LogP contribution in [0.1, 0.15) is 23.2 Å². The van der Waals surface area contributed by atoms with Crippen molar-refractivity contribution in [3.8, 4) is 16.9 Å². The van der Waals surface area contributed by atoms with Crippen molar-refractivity contribution in [2.75, 3.05) is 27.7 Å². The lowest BCUT2D eigenvalue weighted by atomic mass is 10.1. The molecule has 0 radical (unpaired) electrons. The van der Waals surface area contributed by atoms with Crippen LogP contribution in [0, 0.1) is 0 Å². The molecule has 2 heterocycles. The van der Waals surface area contributed by atoms with Gasteiger partial charge in [-0.25, -0.2) is 0 Å². The fourth-order valence-electron chi connectivity index (χ4n) is 3.23. The largest absolute Gasteiger partial charge is 0.497 e. The molecule has 1 aromatic heterocycles. The SMILES string of the molecule is COc1ccc(-c2cncc(C(=O)N3CCC[C@@H]3C(=O)N(C)C)c2)cc1. The third-order valence-electron chi connectivity index (χ3n) is 4.65. The van der Waals surface area contributed by atoms with E-state index in [1.807, 2.05) is 30.3 Å². The minimum absolute atomic E-state index is 0.0323. The number of ether oxygens (including phenoxy) is 1. The second-order valence-corrected chi connectivity index (χ2v) is 6.58. The number of aromatic nitrogens is 1. The van der Waals surface area contributed by atoms with Gasteiger partial charge in [-0.2, -0.15) is 0 Å². The first kappa shape index (κ1) is 17.9. The van der Waals surface area contributed by atoms with Gasteiger partial charge in [0.2, 0.25) is 5.91 Å². The van der Waals surface area contributed by atoms with Crippen LogP contribution in [0.4, 0.5) is 0 Å². The number of benzene rings is 1. The molecular formula is C20H23N3O3. The minimum Gasteiger partial charge on any atom is -0.497 e. The second kappa shape index (κ2) is 7.56. The number of likely N-dealkylation sites (tertiary alicyclic amines) is 1. The van der Waals surface area contributed by atoms with Crippen LogP contribution < -0.4 is 4.74 Å². The first-order valence-electron chi connectivity index (χ1n) is 8.63. The Morgan fingerprint density at radius 3 is 2.54 bits per heavy atom. The summed E-state index contributed by atoms with van der Waals surface area (Å²) >= 11 is 0. The van der Waals surface area contributed by atoms with Crippen molar-refractivity contribution in [3.05, 3.63) is 48.3 Å². The summed E-state index contributed by atoms with van der Waals surface area (Å²) in [6.45, 7) is 0.593. The number of hydrogen-bond donors (Lipinski definition) is 0. The summed E-state index contributed by atoms with van der Waals surface area (Å²) in [6, 6.07) is 9.04. The average Bonchev–Trinajstić information content (AvgIpc) is 3.16. The molecular weight excluding hydrogens is 330 g/mol. The van der Waals surface area contributed by atoms with Gasteiger partial charge in [0.25, 0.3) is 5.91 Å². The number of hydrogen-bond acceptors (Lipinski definition) is 4. The normalized spacial score (nSPS) is 16.4. The molecule has 1 saturated heterocycles. The molecule has 1 fully saturated rings. The smallest absolute Gasteiger partial charge is 0.256 e. The van der Waals surface area contributed by atoms with Gasteiger partial charge >= 0.3 is 0 Å². The summed E-state index contributed by atoms with van der Waals surface area (Å²) in [5.41, 5.74) is 2.31. The van der Waals surface area contributed by atoms with Gasteiger partial charge in [0.15, 0.2) is 0 Å². The molecule has 6 heteroatoms. The van der Waals surface area contributed by atoms with Gasteiger partial charge < -0.3 is 14.5 Å². The fourth-order valence-corrected chi connectivity index (χ4v) is 3.23. The zero-order chi connectivity index (χ0) is 18.7. The van der Waals surface area contributed by atoms with E-state index in [2.05, 4.69) is 4.98 Å². The molecule has 0 N–H and O–H groups in total. The number of likely N-dealkylation sites (N-methyl/N-ethyl adjacent to an activating group) is 1. The first-order chi connectivity index (χ1) is 12.5. The van der Waals surface area contributed by atoms with Crippen LogP contribution in [0.15, 0.2) is 42.7 Å². The van der Waals surface area contributed by atoms with Gasteiger partial charge in [0.05, 0.1) is 12.7 Å². The Labute approximate surface area is 153 Å². The van der Waals surface area contributed by atoms with Crippen LogP contribution in [0.5, 0.6) is 5.75 Å². The Hall–Kier alpha value is -2.89. The maximum absolute atomic E-state index is 13.0. The van der Waals surface area contributed by atoms with Crippen LogP contribution in [-0.2, 0) is 4.79 Å². The van der Waals surface area contributed by atoms with Crippen LogP contribution >= 0.6 is 0 Å². The number of methoxy groups -OCH3 is 1. The van der Waals surface area contributed by atoms with E-state index in [1.54, 1.807) is 43.4 Å². The predicted octanol–water partition coefficient (Wildman–Crippen LogP) is 2.45. The molecule has 0 bridgehead atoms. The van der Waals surface area contributed by atoms with Gasteiger partial charge in [0, 0.05) is 38.6 Å². The lowest BCUT2D eigenvalue weighted by Crippen LogP contribution is -2.45. The van der Waals surface area contributed by atoms with Crippen molar-refractivity contribution in [3.63, 3.8) is 0 Å². The molecule has 1 atom stereocenters. The van der Waals surface area contributed by atoms with E-state index in [-0.39, 0.29) is 17.9 Å². The summed E-state index contributed by atoms with van der Waals surface area (Å²) in [7, 11) is 5.06. The maximum atomic E-state index is 13.0. The standard InChI is InChI=1S/C20H23N3O3/c1-22(2)20(25)18-5-4-10-23(18)19(24)16-11-15(12-21-13-16)14-6-8-17(26-3)9-7-14/h6-9,11-13,18H,4-5,10H2,1-3H3/t18-/m1/s1. The second-order valence-electron chi connectivity index (χ2n) is 6.58. The van der Waals surface area contributed by atoms with Gasteiger partial charge in [-0.15, -0.1) is 0 Å². The molecule has 6 nitrogen and oxygen atoms in total. The topological polar surface area (TPSA) is 62.7 Å². The Balaban J connectivity index is 1.85. The number of nitrogens with zero attached hydrogens (tertiary/aromatic N) is 3. The summed E-state index contributed by atoms with van der Waals surface area (Å²) in [4.78, 5) is 32.7. The van der Waals surface area contributed by atoms with Crippen LogP contribution in [-0.4, -0.2) is 60.4 Å². The zero-order valence-corrected chi connectivity index (χ0v) is 15.3. The lowest BCUT2D eigenvalue weighted by Gasteiger charge is -2.26. The van der Waals surface area contributed by atoms with Crippen molar-refractivity contribution in [1.82, 2.24) is 14.8 Å². The van der Waals surface area contributed by atoms with Crippen molar-refractivity contribution >= 4 is 11.8 Å². The highest BCUT2D eigenvalue weighted by atomic mass is 16.5. The third-order valence-corrected chi connectivity index (χ3v) is 4.65. The molecule has 0 unspecified atom stereocenters. The van der Waals surface area contributed by atoms with E-state index < -0.39 is 0 Å². The Bertz CT molecular complexity index is 802. The molecule has 0 saturated carbocycles. The monoisotopic (exact) mass is 353 g/mol. The number of pyridine rings is 1. The van der Waals surface area contributed by atoms with Crippen molar-refractivity contribution < 1.29 is 14.3 Å². The van der Waals surface area contributed by atoms with E-state index in [9.17, 15) is 9.59 Å². The summed E-state index contributed by atoms with van der Waals surface area (Å²) < 4.78 is 5.18. The van der Waals surface area contributed by atoms with Gasteiger partial charge in [0.1, 0.15) is 11.8 Å². The van der Waals surface area contributed by atoms with Crippen LogP contribution in [0.25, 0.3) is 11.1 Å². The van der Waals surface area contributed by atoms with Gasteiger partial charge in [-0.05, 0) is 36.6 Å². The lowest BCUT2D eigenvalue weighted by molar-refractivity contribution is -0.132. The molecule has 2 amide bonds. The van der Waals surface area contributed by atoms with Crippen molar-refractivity contribution in [1.29, 1.82) is 0 Å². The van der Waals surface area contributed by atoms with Crippen LogP contribution in [0.3, 0.4) is 0 Å². The molecule has 0 aliphatic carbocycles. The van der Waals surface area contributed by atoms with E-state index in [0.29, 0.717) is 18.5 Å². The van der Waals surface area contributed by atoms with Crippen molar-refractivity contribution in [2.45, 2.75) is 18.9 Å². The number of carbonyl (C=O) groups is 2. The number of amides is 2. The highest BCUT2D eigenvalue weighted by Gasteiger charge is 2.35. The quantitative estimate of drug-likeness (QED) is 0.847. The van der Waals surface area contributed by atoms with Crippen molar-refractivity contribution in [2.24, 2.45) is 0 Å². The van der Waals surface area contributed by atoms with Gasteiger partial charge in [-0.1, -0.05) is 12.1 Å². The van der Waals surface area contributed by atoms with E-state index in [4.69, 9.17) is 4.74 Å². The molecule has 1 aliphatic heterocycles. The van der Waals surface area contributed by atoms with Crippen LogP contribution in [0.2, 0.25) is 0 Å². The Kier molecular flexibility index (Phi) is 5.21. The summed E-state index contributed by atoms with van der Waals surface area (Å²) in [5, 5.41) is 0. The minimum atomic E-state index is -0.387. The molecule has 26 heavy (non-hydrogen) atoms. The average molecular weight is 353 g/mol. The molecule has 1 aromatic carbocycles. The summed E-state index contributed by atoms with van der Waals surface area (Å²) in [6.07, 6.45) is 4.83. The van der Waals surface area contributed by atoms with E-state index in [1.165, 1.54) is 0 Å². The summed E-state index contributed by atoms with van der Waals surface area (Å²) in [5.74, 6) is 0.594. The third kappa shape index (κ3) is 3.54. The maximum Gasteiger partial charge on any atom is 0.256 e. The molecule has 3 rings (SSSR count). The Morgan fingerprint density at radius 2 is 1.88 bits per heavy atom. The van der Waals surface area contributed by atoms with E-state index in [0.717, 1.165) is 23.3 Å². The van der Waals surface area contributed by atoms with E-state index >= 15 is 0 Å². The Morgan fingerprint density at radius 1 is 1.15 bits per heavy atom. The molecule has 0 spiro atoms.